The molecule has 2 aromatic heterocycles. The van der Waals surface area contributed by atoms with Crippen LogP contribution in [0.3, 0.4) is 0 Å². The number of carbonyl (C=O) groups is 2. The quantitative estimate of drug-likeness (QED) is 0.299. The minimum atomic E-state index is -3.79. The second-order valence-electron chi connectivity index (χ2n) is 8.83. The Morgan fingerprint density at radius 3 is 2.63 bits per heavy atom. The summed E-state index contributed by atoms with van der Waals surface area (Å²) >= 11 is 2.42. The number of sulfonamides is 1. The first-order valence-electron chi connectivity index (χ1n) is 11.9. The van der Waals surface area contributed by atoms with Gasteiger partial charge in [0.05, 0.1) is 18.2 Å². The summed E-state index contributed by atoms with van der Waals surface area (Å²) in [4.78, 5) is 29.7. The van der Waals surface area contributed by atoms with Crippen molar-refractivity contribution in [1.29, 1.82) is 0 Å². The van der Waals surface area contributed by atoms with Crippen molar-refractivity contribution in [2.24, 2.45) is 0 Å². The molecule has 8 nitrogen and oxygen atoms in total. The molecule has 1 amide bonds. The number of rotatable bonds is 8. The fourth-order valence-electron chi connectivity index (χ4n) is 4.36. The van der Waals surface area contributed by atoms with Crippen LogP contribution in [0.1, 0.15) is 29.2 Å². The number of nitrogens with one attached hydrogen (secondary N) is 1. The molecule has 1 atom stereocenters. The summed E-state index contributed by atoms with van der Waals surface area (Å²) in [6, 6.07) is 17.9. The first-order valence-corrected chi connectivity index (χ1v) is 15.1. The number of nitrogens with zero attached hydrogens (tertiary/aromatic N) is 2. The SMILES string of the molecule is Cc1ccc(-c2csc(NC(=O)COC(=O)CC3c4ccccc4CCN3S(=O)(=O)c3cccs3)n2)cc1. The van der Waals surface area contributed by atoms with Gasteiger partial charge in [-0.1, -0.05) is 60.2 Å². The predicted octanol–water partition coefficient (Wildman–Crippen LogP) is 5.04. The van der Waals surface area contributed by atoms with E-state index in [0.717, 1.165) is 39.3 Å². The number of amides is 1. The summed E-state index contributed by atoms with van der Waals surface area (Å²) in [6.07, 6.45) is 0.344. The normalized spacial score (nSPS) is 15.6. The number of fused-ring (bicyclic) bond motifs is 1. The number of benzene rings is 2. The molecule has 0 aliphatic carbocycles. The Morgan fingerprint density at radius 1 is 1.08 bits per heavy atom. The maximum atomic E-state index is 13.4. The first kappa shape index (κ1) is 26.2. The van der Waals surface area contributed by atoms with Crippen LogP contribution in [0, 0.1) is 6.92 Å². The maximum Gasteiger partial charge on any atom is 0.308 e. The van der Waals surface area contributed by atoms with E-state index in [9.17, 15) is 18.0 Å². The third kappa shape index (κ3) is 5.70. The average molecular weight is 568 g/mol. The van der Waals surface area contributed by atoms with Crippen LogP contribution in [-0.4, -0.2) is 42.7 Å². The number of anilines is 1. The lowest BCUT2D eigenvalue weighted by atomic mass is 9.92. The van der Waals surface area contributed by atoms with E-state index in [2.05, 4.69) is 10.3 Å². The Bertz CT molecular complexity index is 1550. The number of esters is 1. The number of hydrogen-bond acceptors (Lipinski definition) is 8. The molecule has 1 N–H and O–H groups in total. The highest BCUT2D eigenvalue weighted by Gasteiger charge is 2.38. The van der Waals surface area contributed by atoms with Crippen LogP contribution in [0.4, 0.5) is 5.13 Å². The van der Waals surface area contributed by atoms with Gasteiger partial charge in [-0.25, -0.2) is 13.4 Å². The smallest absolute Gasteiger partial charge is 0.308 e. The molecule has 2 aromatic carbocycles. The molecule has 1 unspecified atom stereocenters. The van der Waals surface area contributed by atoms with Gasteiger partial charge in [0, 0.05) is 17.5 Å². The zero-order chi connectivity index (χ0) is 26.7. The van der Waals surface area contributed by atoms with Crippen molar-refractivity contribution in [3.63, 3.8) is 0 Å². The topological polar surface area (TPSA) is 106 Å². The molecule has 0 spiro atoms. The number of hydrogen-bond donors (Lipinski definition) is 1. The van der Waals surface area contributed by atoms with Crippen molar-refractivity contribution in [2.75, 3.05) is 18.5 Å². The number of thiophene rings is 1. The van der Waals surface area contributed by atoms with Crippen LogP contribution >= 0.6 is 22.7 Å². The molecule has 0 radical (unpaired) electrons. The standard InChI is InChI=1S/C27H25N3O5S3/c1-18-8-10-20(11-9-18)22-17-37-27(28-22)29-24(31)16-35-25(32)15-23-21-6-3-2-5-19(21)12-13-30(23)38(33,34)26-7-4-14-36-26/h2-11,14,17,23H,12-13,15-16H2,1H3,(H,28,29,31). The fraction of sp³-hybridized carbons (Fsp3) is 0.222. The molecular weight excluding hydrogens is 543 g/mol. The zero-order valence-electron chi connectivity index (χ0n) is 20.5. The van der Waals surface area contributed by atoms with Gasteiger partial charge in [-0.3, -0.25) is 14.9 Å². The van der Waals surface area contributed by atoms with Gasteiger partial charge in [0.2, 0.25) is 0 Å². The molecule has 38 heavy (non-hydrogen) atoms. The molecule has 0 fully saturated rings. The second-order valence-corrected chi connectivity index (χ2v) is 12.8. The molecule has 1 aliphatic heterocycles. The van der Waals surface area contributed by atoms with Crippen LogP contribution in [0.25, 0.3) is 11.3 Å². The van der Waals surface area contributed by atoms with Crippen LogP contribution in [0.15, 0.2) is 75.6 Å². The van der Waals surface area contributed by atoms with Gasteiger partial charge in [-0.15, -0.1) is 22.7 Å². The van der Waals surface area contributed by atoms with Crippen molar-refractivity contribution in [3.05, 3.63) is 88.1 Å². The van der Waals surface area contributed by atoms with E-state index in [1.165, 1.54) is 15.6 Å². The van der Waals surface area contributed by atoms with E-state index < -0.39 is 34.5 Å². The van der Waals surface area contributed by atoms with Gasteiger partial charge in [0.25, 0.3) is 15.9 Å². The highest BCUT2D eigenvalue weighted by Crippen LogP contribution is 2.37. The van der Waals surface area contributed by atoms with E-state index in [-0.39, 0.29) is 17.2 Å². The Hall–Kier alpha value is -3.38. The second kappa shape index (κ2) is 11.2. The number of thiazole rings is 1. The molecule has 196 valence electrons. The van der Waals surface area contributed by atoms with Gasteiger partial charge >= 0.3 is 5.97 Å². The van der Waals surface area contributed by atoms with E-state index >= 15 is 0 Å². The van der Waals surface area contributed by atoms with E-state index in [1.54, 1.807) is 17.5 Å². The van der Waals surface area contributed by atoms with E-state index in [1.807, 2.05) is 60.8 Å². The molecule has 0 saturated carbocycles. The van der Waals surface area contributed by atoms with E-state index in [4.69, 9.17) is 4.74 Å². The Labute approximate surface area is 229 Å². The minimum Gasteiger partial charge on any atom is -0.456 e. The van der Waals surface area contributed by atoms with Crippen molar-refractivity contribution < 1.29 is 22.7 Å². The van der Waals surface area contributed by atoms with Crippen molar-refractivity contribution >= 4 is 49.7 Å². The maximum absolute atomic E-state index is 13.4. The first-order chi connectivity index (χ1) is 18.3. The van der Waals surface area contributed by atoms with E-state index in [0.29, 0.717) is 11.6 Å². The molecule has 0 bridgehead atoms. The number of carbonyl (C=O) groups excluding carboxylic acids is 2. The molecule has 11 heteroatoms. The highest BCUT2D eigenvalue weighted by molar-refractivity contribution is 7.91. The predicted molar refractivity (Wildman–Crippen MR) is 148 cm³/mol. The molecule has 0 saturated heterocycles. The van der Waals surface area contributed by atoms with Gasteiger partial charge in [-0.2, -0.15) is 4.31 Å². The lowest BCUT2D eigenvalue weighted by molar-refractivity contribution is -0.148. The summed E-state index contributed by atoms with van der Waals surface area (Å²) in [5.74, 6) is -1.18. The summed E-state index contributed by atoms with van der Waals surface area (Å²) in [7, 11) is -3.79. The van der Waals surface area contributed by atoms with Crippen molar-refractivity contribution in [2.45, 2.75) is 30.0 Å². The molecule has 3 heterocycles. The minimum absolute atomic E-state index is 0.205. The van der Waals surface area contributed by atoms with Crippen LogP contribution in [0.2, 0.25) is 0 Å². The third-order valence-corrected chi connectivity index (χ3v) is 10.3. The fourth-order valence-corrected chi connectivity index (χ4v) is 7.82. The Balaban J connectivity index is 1.23. The lowest BCUT2D eigenvalue weighted by Gasteiger charge is -2.35. The summed E-state index contributed by atoms with van der Waals surface area (Å²) < 4.78 is 33.6. The van der Waals surface area contributed by atoms with Crippen LogP contribution < -0.4 is 5.32 Å². The monoisotopic (exact) mass is 567 g/mol. The average Bonchev–Trinajstić information content (AvgIpc) is 3.61. The summed E-state index contributed by atoms with van der Waals surface area (Å²) in [5, 5.41) is 6.60. The number of aromatic nitrogens is 1. The Kier molecular flexibility index (Phi) is 7.70. The van der Waals surface area contributed by atoms with Gasteiger partial charge < -0.3 is 4.74 Å². The van der Waals surface area contributed by atoms with Crippen molar-refractivity contribution in [1.82, 2.24) is 9.29 Å². The molecule has 4 aromatic rings. The molecular formula is C27H25N3O5S3. The largest absolute Gasteiger partial charge is 0.456 e. The Morgan fingerprint density at radius 2 is 1.87 bits per heavy atom. The third-order valence-electron chi connectivity index (χ3n) is 6.24. The summed E-state index contributed by atoms with van der Waals surface area (Å²) in [5.41, 5.74) is 4.59. The zero-order valence-corrected chi connectivity index (χ0v) is 22.9. The highest BCUT2D eigenvalue weighted by atomic mass is 32.2. The van der Waals surface area contributed by atoms with Crippen LogP contribution in [-0.2, 0) is 30.8 Å². The van der Waals surface area contributed by atoms with Gasteiger partial charge in [-0.05, 0) is 35.9 Å². The van der Waals surface area contributed by atoms with Crippen LogP contribution in [0.5, 0.6) is 0 Å². The van der Waals surface area contributed by atoms with Crippen molar-refractivity contribution in [3.8, 4) is 11.3 Å². The number of ether oxygens (including phenoxy) is 1. The molecule has 1 aliphatic rings. The summed E-state index contributed by atoms with van der Waals surface area (Å²) in [6.45, 7) is 1.76. The molecule has 5 rings (SSSR count). The van der Waals surface area contributed by atoms with Gasteiger partial charge in [0.1, 0.15) is 4.21 Å². The van der Waals surface area contributed by atoms with Gasteiger partial charge in [0.15, 0.2) is 11.7 Å². The number of aryl methyl sites for hydroxylation is 1. The lowest BCUT2D eigenvalue weighted by Crippen LogP contribution is -2.41.